The molecule has 0 aliphatic carbocycles. The fourth-order valence-electron chi connectivity index (χ4n) is 3.42. The summed E-state index contributed by atoms with van der Waals surface area (Å²) in [6.07, 6.45) is 3.39. The third-order valence-corrected chi connectivity index (χ3v) is 5.01. The number of rotatable bonds is 4. The molecule has 0 spiro atoms. The number of carbonyl (C=O) groups is 1. The molecular formula is C23H24N4O. The molecule has 1 aliphatic rings. The number of hydrogen-bond donors (Lipinski definition) is 1. The molecule has 1 amide bonds. The molecule has 0 bridgehead atoms. The predicted molar refractivity (Wildman–Crippen MR) is 113 cm³/mol. The standard InChI is InChI=1S/C23H24N4O/c1-18-7-9-20(10-8-18)25-21-15-19(16-24-17-21)23(28)27-13-11-26(12-14-27)22-5-3-2-4-6-22/h2-10,15-17,25H,11-14H2,1H3. The molecule has 28 heavy (non-hydrogen) atoms. The molecule has 1 saturated heterocycles. The Hall–Kier alpha value is -3.34. The third-order valence-electron chi connectivity index (χ3n) is 5.01. The van der Waals surface area contributed by atoms with Crippen molar-refractivity contribution in [3.8, 4) is 0 Å². The van der Waals surface area contributed by atoms with Gasteiger partial charge in [0.25, 0.3) is 5.91 Å². The van der Waals surface area contributed by atoms with Gasteiger partial charge in [0.1, 0.15) is 0 Å². The summed E-state index contributed by atoms with van der Waals surface area (Å²) < 4.78 is 0. The van der Waals surface area contributed by atoms with Crippen LogP contribution in [0.1, 0.15) is 15.9 Å². The summed E-state index contributed by atoms with van der Waals surface area (Å²) in [5.74, 6) is 0.0350. The molecule has 0 atom stereocenters. The topological polar surface area (TPSA) is 48.5 Å². The number of aromatic nitrogens is 1. The number of piperazine rings is 1. The molecule has 142 valence electrons. The lowest BCUT2D eigenvalue weighted by molar-refractivity contribution is 0.0746. The van der Waals surface area contributed by atoms with Gasteiger partial charge in [-0.2, -0.15) is 0 Å². The zero-order valence-corrected chi connectivity index (χ0v) is 16.0. The zero-order chi connectivity index (χ0) is 19.3. The minimum absolute atomic E-state index is 0.0350. The third kappa shape index (κ3) is 4.14. The predicted octanol–water partition coefficient (Wildman–Crippen LogP) is 4.10. The minimum atomic E-state index is 0.0350. The number of amides is 1. The van der Waals surface area contributed by atoms with E-state index in [9.17, 15) is 4.79 Å². The van der Waals surface area contributed by atoms with Gasteiger partial charge in [-0.1, -0.05) is 35.9 Å². The number of hydrogen-bond acceptors (Lipinski definition) is 4. The first-order valence-corrected chi connectivity index (χ1v) is 9.57. The van der Waals surface area contributed by atoms with Crippen molar-refractivity contribution in [2.45, 2.75) is 6.92 Å². The van der Waals surface area contributed by atoms with E-state index >= 15 is 0 Å². The second kappa shape index (κ2) is 8.13. The van der Waals surface area contributed by atoms with Gasteiger partial charge in [0.15, 0.2) is 0 Å². The number of benzene rings is 2. The Kier molecular flexibility index (Phi) is 5.24. The van der Waals surface area contributed by atoms with Crippen LogP contribution in [0.5, 0.6) is 0 Å². The highest BCUT2D eigenvalue weighted by atomic mass is 16.2. The highest BCUT2D eigenvalue weighted by molar-refractivity contribution is 5.95. The molecule has 1 aromatic heterocycles. The van der Waals surface area contributed by atoms with Gasteiger partial charge in [-0.25, -0.2) is 0 Å². The number of pyridine rings is 1. The van der Waals surface area contributed by atoms with Crippen LogP contribution in [0.4, 0.5) is 17.1 Å². The van der Waals surface area contributed by atoms with E-state index in [0.29, 0.717) is 18.7 Å². The van der Waals surface area contributed by atoms with Gasteiger partial charge in [0, 0.05) is 43.8 Å². The van der Waals surface area contributed by atoms with Crippen LogP contribution < -0.4 is 10.2 Å². The normalized spacial score (nSPS) is 14.0. The maximum Gasteiger partial charge on any atom is 0.255 e. The molecule has 1 aliphatic heterocycles. The van der Waals surface area contributed by atoms with Crippen molar-refractivity contribution in [1.29, 1.82) is 0 Å². The van der Waals surface area contributed by atoms with Crippen LogP contribution in [-0.4, -0.2) is 42.0 Å². The van der Waals surface area contributed by atoms with Gasteiger partial charge < -0.3 is 15.1 Å². The smallest absolute Gasteiger partial charge is 0.255 e. The van der Waals surface area contributed by atoms with Gasteiger partial charge in [-0.05, 0) is 37.3 Å². The summed E-state index contributed by atoms with van der Waals surface area (Å²) in [6.45, 7) is 5.16. The summed E-state index contributed by atoms with van der Waals surface area (Å²) in [5, 5.41) is 3.32. The van der Waals surface area contributed by atoms with Gasteiger partial charge in [-0.3, -0.25) is 9.78 Å². The Balaban J connectivity index is 1.40. The molecule has 0 unspecified atom stereocenters. The summed E-state index contributed by atoms with van der Waals surface area (Å²) in [7, 11) is 0. The second-order valence-corrected chi connectivity index (χ2v) is 7.07. The lowest BCUT2D eigenvalue weighted by atomic mass is 10.2. The molecule has 1 fully saturated rings. The van der Waals surface area contributed by atoms with E-state index in [-0.39, 0.29) is 5.91 Å². The van der Waals surface area contributed by atoms with E-state index in [1.165, 1.54) is 11.3 Å². The number of aryl methyl sites for hydroxylation is 1. The fourth-order valence-corrected chi connectivity index (χ4v) is 3.42. The first-order chi connectivity index (χ1) is 13.7. The van der Waals surface area contributed by atoms with Crippen LogP contribution in [-0.2, 0) is 0 Å². The number of nitrogens with one attached hydrogen (secondary N) is 1. The Labute approximate surface area is 165 Å². The number of nitrogens with zero attached hydrogens (tertiary/aromatic N) is 3. The first kappa shape index (κ1) is 18.0. The Bertz CT molecular complexity index is 932. The molecule has 0 saturated carbocycles. The number of para-hydroxylation sites is 1. The minimum Gasteiger partial charge on any atom is -0.368 e. The van der Waals surface area contributed by atoms with E-state index in [1.807, 2.05) is 41.3 Å². The lowest BCUT2D eigenvalue weighted by Gasteiger charge is -2.36. The quantitative estimate of drug-likeness (QED) is 0.749. The maximum absolute atomic E-state index is 12.9. The van der Waals surface area contributed by atoms with Crippen LogP contribution in [0.15, 0.2) is 73.1 Å². The van der Waals surface area contributed by atoms with Gasteiger partial charge in [0.05, 0.1) is 17.4 Å². The van der Waals surface area contributed by atoms with Crippen molar-refractivity contribution in [2.24, 2.45) is 0 Å². The SMILES string of the molecule is Cc1ccc(Nc2cncc(C(=O)N3CCN(c4ccccc4)CC3)c2)cc1. The van der Waals surface area contributed by atoms with Crippen LogP contribution >= 0.6 is 0 Å². The van der Waals surface area contributed by atoms with Crippen molar-refractivity contribution in [2.75, 3.05) is 36.4 Å². The highest BCUT2D eigenvalue weighted by Gasteiger charge is 2.22. The fraction of sp³-hybridized carbons (Fsp3) is 0.217. The van der Waals surface area contributed by atoms with Crippen LogP contribution in [0, 0.1) is 6.92 Å². The average Bonchev–Trinajstić information content (AvgIpc) is 2.76. The number of anilines is 3. The molecule has 5 nitrogen and oxygen atoms in total. The maximum atomic E-state index is 12.9. The molecule has 5 heteroatoms. The van der Waals surface area contributed by atoms with E-state index in [2.05, 4.69) is 46.4 Å². The molecule has 4 rings (SSSR count). The first-order valence-electron chi connectivity index (χ1n) is 9.57. The van der Waals surface area contributed by atoms with E-state index < -0.39 is 0 Å². The average molecular weight is 372 g/mol. The van der Waals surface area contributed by atoms with Crippen LogP contribution in [0.3, 0.4) is 0 Å². The molecule has 3 aromatic rings. The van der Waals surface area contributed by atoms with Crippen molar-refractivity contribution in [3.63, 3.8) is 0 Å². The Morgan fingerprint density at radius 3 is 2.32 bits per heavy atom. The van der Waals surface area contributed by atoms with Crippen molar-refractivity contribution in [1.82, 2.24) is 9.88 Å². The largest absolute Gasteiger partial charge is 0.368 e. The zero-order valence-electron chi connectivity index (χ0n) is 16.0. The van der Waals surface area contributed by atoms with Crippen LogP contribution in [0.2, 0.25) is 0 Å². The van der Waals surface area contributed by atoms with Crippen molar-refractivity contribution < 1.29 is 4.79 Å². The van der Waals surface area contributed by atoms with Gasteiger partial charge >= 0.3 is 0 Å². The van der Waals surface area contributed by atoms with Crippen molar-refractivity contribution >= 4 is 23.0 Å². The molecule has 0 radical (unpaired) electrons. The van der Waals surface area contributed by atoms with Crippen LogP contribution in [0.25, 0.3) is 0 Å². The lowest BCUT2D eigenvalue weighted by Crippen LogP contribution is -2.48. The van der Waals surface area contributed by atoms with E-state index in [1.54, 1.807) is 12.4 Å². The van der Waals surface area contributed by atoms with E-state index in [0.717, 1.165) is 24.5 Å². The Morgan fingerprint density at radius 1 is 0.893 bits per heavy atom. The molecule has 1 N–H and O–H groups in total. The second-order valence-electron chi connectivity index (χ2n) is 7.07. The summed E-state index contributed by atoms with van der Waals surface area (Å²) in [6, 6.07) is 20.4. The summed E-state index contributed by atoms with van der Waals surface area (Å²) in [5.41, 5.74) is 4.83. The Morgan fingerprint density at radius 2 is 1.61 bits per heavy atom. The van der Waals surface area contributed by atoms with Gasteiger partial charge in [0.2, 0.25) is 0 Å². The van der Waals surface area contributed by atoms with Gasteiger partial charge in [-0.15, -0.1) is 0 Å². The van der Waals surface area contributed by atoms with Crippen molar-refractivity contribution in [3.05, 3.63) is 84.2 Å². The molecule has 2 aromatic carbocycles. The summed E-state index contributed by atoms with van der Waals surface area (Å²) >= 11 is 0. The molecule has 2 heterocycles. The highest BCUT2D eigenvalue weighted by Crippen LogP contribution is 2.20. The number of carbonyl (C=O) groups excluding carboxylic acids is 1. The summed E-state index contributed by atoms with van der Waals surface area (Å²) in [4.78, 5) is 21.4. The van der Waals surface area contributed by atoms with E-state index in [4.69, 9.17) is 0 Å². The molecular weight excluding hydrogens is 348 g/mol. The monoisotopic (exact) mass is 372 g/mol.